The van der Waals surface area contributed by atoms with E-state index >= 15 is 0 Å². The smallest absolute Gasteiger partial charge is 0.344 e. The summed E-state index contributed by atoms with van der Waals surface area (Å²) >= 11 is 1.22. The zero-order chi connectivity index (χ0) is 8.15. The van der Waals surface area contributed by atoms with E-state index in [0.717, 1.165) is 4.91 Å². The number of methoxy groups -OCH3 is 1. The molecule has 0 amide bonds. The van der Waals surface area contributed by atoms with E-state index in [0.29, 0.717) is 4.91 Å². The van der Waals surface area contributed by atoms with Crippen LogP contribution in [0.4, 0.5) is 0 Å². The highest BCUT2D eigenvalue weighted by molar-refractivity contribution is 8.07. The van der Waals surface area contributed by atoms with Gasteiger partial charge in [0.15, 0.2) is 0 Å². The molecule has 0 saturated carbocycles. The van der Waals surface area contributed by atoms with Gasteiger partial charge in [-0.05, 0) is 11.8 Å². The van der Waals surface area contributed by atoms with Gasteiger partial charge in [0.05, 0.1) is 12.0 Å². The van der Waals surface area contributed by atoms with Gasteiger partial charge in [-0.2, -0.15) is 0 Å². The number of carbonyl (C=O) groups excluding carboxylic acids is 1. The molecule has 0 aliphatic rings. The van der Waals surface area contributed by atoms with E-state index in [-0.39, 0.29) is 0 Å². The molecular formula is C7H10O2S. The van der Waals surface area contributed by atoms with Gasteiger partial charge in [-0.25, -0.2) is 4.79 Å². The zero-order valence-corrected chi connectivity index (χ0v) is 6.96. The van der Waals surface area contributed by atoms with Gasteiger partial charge in [-0.15, -0.1) is 0 Å². The normalized spacial score (nSPS) is 8.60. The SMILES string of the molecule is C=C(C)SC(=C)C(=O)OC. The van der Waals surface area contributed by atoms with Crippen LogP contribution in [-0.2, 0) is 9.53 Å². The molecule has 0 fully saturated rings. The highest BCUT2D eigenvalue weighted by Crippen LogP contribution is 2.21. The van der Waals surface area contributed by atoms with E-state index in [1.165, 1.54) is 18.9 Å². The van der Waals surface area contributed by atoms with Crippen molar-refractivity contribution in [3.05, 3.63) is 23.0 Å². The Balaban J connectivity index is 3.86. The number of thioether (sulfide) groups is 1. The standard InChI is InChI=1S/C7H10O2S/c1-5(2)10-6(3)7(8)9-4/h1,3H2,2,4H3. The van der Waals surface area contributed by atoms with E-state index in [4.69, 9.17) is 0 Å². The molecule has 0 N–H and O–H groups in total. The average Bonchev–Trinajstić information content (AvgIpc) is 1.85. The van der Waals surface area contributed by atoms with Gasteiger partial charge in [0.1, 0.15) is 0 Å². The molecule has 0 aromatic rings. The quantitative estimate of drug-likeness (QED) is 0.464. The van der Waals surface area contributed by atoms with Crippen LogP contribution < -0.4 is 0 Å². The molecule has 0 unspecified atom stereocenters. The molecule has 0 aromatic carbocycles. The molecule has 0 aliphatic heterocycles. The Morgan fingerprint density at radius 1 is 1.50 bits per heavy atom. The van der Waals surface area contributed by atoms with Gasteiger partial charge in [-0.3, -0.25) is 0 Å². The van der Waals surface area contributed by atoms with Crippen LogP contribution in [0.15, 0.2) is 23.0 Å². The fourth-order valence-electron chi connectivity index (χ4n) is 0.366. The van der Waals surface area contributed by atoms with Crippen LogP contribution in [0.5, 0.6) is 0 Å². The van der Waals surface area contributed by atoms with Gasteiger partial charge in [0.2, 0.25) is 0 Å². The minimum atomic E-state index is -0.395. The predicted octanol–water partition coefficient (Wildman–Crippen LogP) is 1.94. The zero-order valence-electron chi connectivity index (χ0n) is 6.14. The lowest BCUT2D eigenvalue weighted by Gasteiger charge is -2.00. The maximum Gasteiger partial charge on any atom is 0.344 e. The molecule has 0 bridgehead atoms. The van der Waals surface area contributed by atoms with Gasteiger partial charge in [0.25, 0.3) is 0 Å². The second-order valence-corrected chi connectivity index (χ2v) is 3.11. The number of ether oxygens (including phenoxy) is 1. The summed E-state index contributed by atoms with van der Waals surface area (Å²) in [4.78, 5) is 11.9. The van der Waals surface area contributed by atoms with E-state index in [1.807, 2.05) is 0 Å². The lowest BCUT2D eigenvalue weighted by atomic mass is 10.6. The monoisotopic (exact) mass is 158 g/mol. The van der Waals surface area contributed by atoms with Crippen LogP contribution in [0.3, 0.4) is 0 Å². The summed E-state index contributed by atoms with van der Waals surface area (Å²) in [6, 6.07) is 0. The van der Waals surface area contributed by atoms with Crippen molar-refractivity contribution in [2.45, 2.75) is 6.92 Å². The Bertz CT molecular complexity index is 172. The first-order valence-corrected chi connectivity index (χ1v) is 3.50. The maximum atomic E-state index is 10.7. The molecule has 2 nitrogen and oxygen atoms in total. The Morgan fingerprint density at radius 3 is 2.30 bits per heavy atom. The van der Waals surface area contributed by atoms with Gasteiger partial charge in [0, 0.05) is 0 Å². The van der Waals surface area contributed by atoms with Crippen LogP contribution >= 0.6 is 11.8 Å². The fourth-order valence-corrected chi connectivity index (χ4v) is 0.953. The number of hydrogen-bond donors (Lipinski definition) is 0. The molecule has 0 radical (unpaired) electrons. The summed E-state index contributed by atoms with van der Waals surface area (Å²) in [6.45, 7) is 8.90. The van der Waals surface area contributed by atoms with Crippen LogP contribution in [-0.4, -0.2) is 13.1 Å². The second-order valence-electron chi connectivity index (χ2n) is 1.72. The third-order valence-corrected chi connectivity index (χ3v) is 1.47. The van der Waals surface area contributed by atoms with Crippen molar-refractivity contribution in [2.75, 3.05) is 7.11 Å². The summed E-state index contributed by atoms with van der Waals surface area (Å²) < 4.78 is 4.41. The van der Waals surface area contributed by atoms with Crippen LogP contribution in [0.2, 0.25) is 0 Å². The number of hydrogen-bond acceptors (Lipinski definition) is 3. The van der Waals surface area contributed by atoms with Crippen molar-refractivity contribution in [1.82, 2.24) is 0 Å². The fraction of sp³-hybridized carbons (Fsp3) is 0.286. The van der Waals surface area contributed by atoms with E-state index in [1.54, 1.807) is 6.92 Å². The van der Waals surface area contributed by atoms with Crippen LogP contribution in [0.1, 0.15) is 6.92 Å². The summed E-state index contributed by atoms with van der Waals surface area (Å²) in [7, 11) is 1.33. The second kappa shape index (κ2) is 4.17. The van der Waals surface area contributed by atoms with Gasteiger partial charge >= 0.3 is 5.97 Å². The van der Waals surface area contributed by atoms with Crippen molar-refractivity contribution >= 4 is 17.7 Å². The van der Waals surface area contributed by atoms with Crippen molar-refractivity contribution in [2.24, 2.45) is 0 Å². The molecule has 3 heteroatoms. The van der Waals surface area contributed by atoms with Crippen LogP contribution in [0.25, 0.3) is 0 Å². The molecule has 56 valence electrons. The first kappa shape index (κ1) is 9.30. The van der Waals surface area contributed by atoms with Crippen LogP contribution in [0, 0.1) is 0 Å². The molecule has 0 aliphatic carbocycles. The number of esters is 1. The Kier molecular flexibility index (Phi) is 3.88. The summed E-state index contributed by atoms with van der Waals surface area (Å²) in [5.41, 5.74) is 0. The van der Waals surface area contributed by atoms with Crippen molar-refractivity contribution in [1.29, 1.82) is 0 Å². The van der Waals surface area contributed by atoms with Crippen molar-refractivity contribution < 1.29 is 9.53 Å². The number of allylic oxidation sites excluding steroid dienone is 1. The van der Waals surface area contributed by atoms with Crippen molar-refractivity contribution in [3.8, 4) is 0 Å². The molecule has 0 spiro atoms. The van der Waals surface area contributed by atoms with Gasteiger partial charge in [-0.1, -0.05) is 24.9 Å². The van der Waals surface area contributed by atoms with E-state index in [2.05, 4.69) is 17.9 Å². The largest absolute Gasteiger partial charge is 0.465 e. The average molecular weight is 158 g/mol. The number of carbonyl (C=O) groups is 1. The van der Waals surface area contributed by atoms with E-state index < -0.39 is 5.97 Å². The predicted molar refractivity (Wildman–Crippen MR) is 43.6 cm³/mol. The minimum absolute atomic E-state index is 0.370. The summed E-state index contributed by atoms with van der Waals surface area (Å²) in [5, 5.41) is 0. The molecule has 0 heterocycles. The third kappa shape index (κ3) is 3.35. The maximum absolute atomic E-state index is 10.7. The molecule has 0 rings (SSSR count). The Hall–Kier alpha value is -0.700. The van der Waals surface area contributed by atoms with E-state index in [9.17, 15) is 4.79 Å². The number of rotatable bonds is 3. The first-order valence-electron chi connectivity index (χ1n) is 2.68. The van der Waals surface area contributed by atoms with Crippen molar-refractivity contribution in [3.63, 3.8) is 0 Å². The molecule has 0 saturated heterocycles. The molecule has 10 heavy (non-hydrogen) atoms. The summed E-state index contributed by atoms with van der Waals surface area (Å²) in [6.07, 6.45) is 0. The minimum Gasteiger partial charge on any atom is -0.465 e. The highest BCUT2D eigenvalue weighted by atomic mass is 32.2. The lowest BCUT2D eigenvalue weighted by molar-refractivity contribution is -0.135. The Labute approximate surface area is 64.9 Å². The third-order valence-electron chi connectivity index (χ3n) is 0.710. The molecular weight excluding hydrogens is 148 g/mol. The first-order chi connectivity index (χ1) is 4.57. The molecule has 0 atom stereocenters. The van der Waals surface area contributed by atoms with Gasteiger partial charge < -0.3 is 4.74 Å². The highest BCUT2D eigenvalue weighted by Gasteiger charge is 2.05. The molecule has 0 aromatic heterocycles. The lowest BCUT2D eigenvalue weighted by Crippen LogP contribution is -1.99. The topological polar surface area (TPSA) is 26.3 Å². The Morgan fingerprint density at radius 2 is 2.00 bits per heavy atom. The summed E-state index contributed by atoms with van der Waals surface area (Å²) in [5.74, 6) is -0.395.